The molecule has 2 aromatic rings. The van der Waals surface area contributed by atoms with Crippen molar-refractivity contribution >= 4 is 0 Å². The number of benzene rings is 1. The Morgan fingerprint density at radius 3 is 2.60 bits per heavy atom. The predicted molar refractivity (Wildman–Crippen MR) is 77.9 cm³/mol. The van der Waals surface area contributed by atoms with E-state index in [4.69, 9.17) is 13.9 Å². The third kappa shape index (κ3) is 5.07. The van der Waals surface area contributed by atoms with E-state index in [1.54, 1.807) is 19.6 Å². The lowest BCUT2D eigenvalue weighted by Crippen LogP contribution is -2.20. The molecule has 0 saturated heterocycles. The minimum Gasteiger partial charge on any atom is -0.492 e. The fourth-order valence-electron chi connectivity index (χ4n) is 1.84. The van der Waals surface area contributed by atoms with Crippen molar-refractivity contribution in [3.63, 3.8) is 0 Å². The van der Waals surface area contributed by atoms with Crippen LogP contribution in [0, 0.1) is 0 Å². The average Bonchev–Trinajstić information content (AvgIpc) is 2.99. The standard InChI is InChI=1S/C16H21NO3/c1-18-9-6-14-2-4-16(5-3-14)20-11-8-17-12-15-7-10-19-13-15/h2-5,7,10,13,17H,6,8-9,11-12H2,1H3. The molecule has 1 N–H and O–H groups in total. The monoisotopic (exact) mass is 275 g/mol. The first-order chi connectivity index (χ1) is 9.88. The Bertz CT molecular complexity index is 465. The second-order valence-electron chi connectivity index (χ2n) is 4.54. The summed E-state index contributed by atoms with van der Waals surface area (Å²) in [4.78, 5) is 0. The first kappa shape index (κ1) is 14.6. The van der Waals surface area contributed by atoms with Gasteiger partial charge in [-0.3, -0.25) is 0 Å². The Morgan fingerprint density at radius 2 is 1.90 bits per heavy atom. The lowest BCUT2D eigenvalue weighted by atomic mass is 10.1. The molecule has 0 amide bonds. The van der Waals surface area contributed by atoms with Gasteiger partial charge >= 0.3 is 0 Å². The van der Waals surface area contributed by atoms with E-state index in [0.29, 0.717) is 6.61 Å². The summed E-state index contributed by atoms with van der Waals surface area (Å²) in [5.41, 5.74) is 2.41. The molecule has 0 spiro atoms. The zero-order chi connectivity index (χ0) is 14.0. The molecule has 2 rings (SSSR count). The molecule has 0 atom stereocenters. The van der Waals surface area contributed by atoms with Crippen molar-refractivity contribution in [1.82, 2.24) is 5.32 Å². The minimum atomic E-state index is 0.648. The van der Waals surface area contributed by atoms with Crippen LogP contribution >= 0.6 is 0 Å². The highest BCUT2D eigenvalue weighted by atomic mass is 16.5. The summed E-state index contributed by atoms with van der Waals surface area (Å²) in [5.74, 6) is 0.899. The average molecular weight is 275 g/mol. The summed E-state index contributed by atoms with van der Waals surface area (Å²) in [6, 6.07) is 10.1. The van der Waals surface area contributed by atoms with Gasteiger partial charge in [-0.2, -0.15) is 0 Å². The van der Waals surface area contributed by atoms with E-state index in [0.717, 1.165) is 37.4 Å². The second kappa shape index (κ2) is 8.40. The fourth-order valence-corrected chi connectivity index (χ4v) is 1.84. The van der Waals surface area contributed by atoms with Crippen LogP contribution in [0.15, 0.2) is 47.3 Å². The van der Waals surface area contributed by atoms with E-state index in [1.165, 1.54) is 5.56 Å². The molecule has 0 radical (unpaired) electrons. The van der Waals surface area contributed by atoms with E-state index >= 15 is 0 Å². The number of hydrogen-bond donors (Lipinski definition) is 1. The maximum atomic E-state index is 5.67. The summed E-state index contributed by atoms with van der Waals surface area (Å²) in [6.07, 6.45) is 4.36. The Hall–Kier alpha value is -1.78. The van der Waals surface area contributed by atoms with Crippen molar-refractivity contribution in [2.75, 3.05) is 26.9 Å². The van der Waals surface area contributed by atoms with Crippen molar-refractivity contribution < 1.29 is 13.9 Å². The van der Waals surface area contributed by atoms with Crippen LogP contribution in [0.3, 0.4) is 0 Å². The van der Waals surface area contributed by atoms with Gasteiger partial charge in [-0.05, 0) is 30.2 Å². The molecule has 0 aliphatic rings. The van der Waals surface area contributed by atoms with Crippen LogP contribution in [0.1, 0.15) is 11.1 Å². The molecule has 1 heterocycles. The van der Waals surface area contributed by atoms with Gasteiger partial charge in [0.1, 0.15) is 12.4 Å². The minimum absolute atomic E-state index is 0.648. The van der Waals surface area contributed by atoms with Gasteiger partial charge < -0.3 is 19.2 Å². The van der Waals surface area contributed by atoms with Gasteiger partial charge in [0, 0.05) is 25.8 Å². The molecular weight excluding hydrogens is 254 g/mol. The van der Waals surface area contributed by atoms with Crippen molar-refractivity contribution in [3.8, 4) is 5.75 Å². The zero-order valence-electron chi connectivity index (χ0n) is 11.8. The highest BCUT2D eigenvalue weighted by Crippen LogP contribution is 2.12. The summed E-state index contributed by atoms with van der Waals surface area (Å²) in [5, 5.41) is 3.30. The highest BCUT2D eigenvalue weighted by molar-refractivity contribution is 5.27. The molecule has 4 nitrogen and oxygen atoms in total. The van der Waals surface area contributed by atoms with Crippen LogP contribution in [-0.4, -0.2) is 26.9 Å². The molecule has 0 saturated carbocycles. The van der Waals surface area contributed by atoms with Crippen LogP contribution in [0.2, 0.25) is 0 Å². The van der Waals surface area contributed by atoms with Gasteiger partial charge in [0.15, 0.2) is 0 Å². The highest BCUT2D eigenvalue weighted by Gasteiger charge is 1.97. The molecule has 0 unspecified atom stereocenters. The van der Waals surface area contributed by atoms with Crippen LogP contribution in [0.25, 0.3) is 0 Å². The number of rotatable bonds is 9. The Morgan fingerprint density at radius 1 is 1.05 bits per heavy atom. The molecule has 0 fully saturated rings. The maximum Gasteiger partial charge on any atom is 0.119 e. The van der Waals surface area contributed by atoms with Crippen LogP contribution < -0.4 is 10.1 Å². The molecule has 4 heteroatoms. The summed E-state index contributed by atoms with van der Waals surface area (Å²) >= 11 is 0. The maximum absolute atomic E-state index is 5.67. The van der Waals surface area contributed by atoms with Crippen LogP contribution in [0.5, 0.6) is 5.75 Å². The number of ether oxygens (including phenoxy) is 2. The second-order valence-corrected chi connectivity index (χ2v) is 4.54. The summed E-state index contributed by atoms with van der Waals surface area (Å²) < 4.78 is 15.7. The molecule has 1 aromatic carbocycles. The van der Waals surface area contributed by atoms with Crippen molar-refractivity contribution in [2.45, 2.75) is 13.0 Å². The third-order valence-electron chi connectivity index (χ3n) is 2.98. The zero-order valence-corrected chi connectivity index (χ0v) is 11.8. The van der Waals surface area contributed by atoms with E-state index < -0.39 is 0 Å². The van der Waals surface area contributed by atoms with E-state index in [2.05, 4.69) is 17.4 Å². The Balaban J connectivity index is 1.61. The molecule has 0 aliphatic carbocycles. The topological polar surface area (TPSA) is 43.6 Å². The number of methoxy groups -OCH3 is 1. The van der Waals surface area contributed by atoms with Gasteiger partial charge in [-0.15, -0.1) is 0 Å². The molecule has 0 bridgehead atoms. The molecular formula is C16H21NO3. The fraction of sp³-hybridized carbons (Fsp3) is 0.375. The lowest BCUT2D eigenvalue weighted by Gasteiger charge is -2.08. The number of hydrogen-bond acceptors (Lipinski definition) is 4. The normalized spacial score (nSPS) is 10.7. The van der Waals surface area contributed by atoms with Crippen LogP contribution in [0.4, 0.5) is 0 Å². The van der Waals surface area contributed by atoms with Crippen molar-refractivity contribution in [1.29, 1.82) is 0 Å². The Labute approximate surface area is 119 Å². The molecule has 0 aliphatic heterocycles. The SMILES string of the molecule is COCCc1ccc(OCCNCc2ccoc2)cc1. The first-order valence-electron chi connectivity index (χ1n) is 6.81. The van der Waals surface area contributed by atoms with Gasteiger partial charge in [0.25, 0.3) is 0 Å². The first-order valence-corrected chi connectivity index (χ1v) is 6.81. The van der Waals surface area contributed by atoms with Crippen molar-refractivity contribution in [3.05, 3.63) is 54.0 Å². The largest absolute Gasteiger partial charge is 0.492 e. The summed E-state index contributed by atoms with van der Waals surface area (Å²) in [6.45, 7) is 3.00. The third-order valence-corrected chi connectivity index (χ3v) is 2.98. The van der Waals surface area contributed by atoms with Crippen molar-refractivity contribution in [2.24, 2.45) is 0 Å². The molecule has 1 aromatic heterocycles. The van der Waals surface area contributed by atoms with Gasteiger partial charge in [-0.1, -0.05) is 12.1 Å². The number of nitrogens with one attached hydrogen (secondary N) is 1. The van der Waals surface area contributed by atoms with E-state index in [-0.39, 0.29) is 0 Å². The van der Waals surface area contributed by atoms with Crippen LogP contribution in [-0.2, 0) is 17.7 Å². The quantitative estimate of drug-likeness (QED) is 0.714. The molecule has 108 valence electrons. The van der Waals surface area contributed by atoms with Gasteiger partial charge in [0.2, 0.25) is 0 Å². The van der Waals surface area contributed by atoms with Gasteiger partial charge in [0.05, 0.1) is 19.1 Å². The number of furan rings is 1. The predicted octanol–water partition coefficient (Wildman–Crippen LogP) is 2.64. The van der Waals surface area contributed by atoms with E-state index in [9.17, 15) is 0 Å². The van der Waals surface area contributed by atoms with Gasteiger partial charge in [-0.25, -0.2) is 0 Å². The van der Waals surface area contributed by atoms with E-state index in [1.807, 2.05) is 18.2 Å². The molecule has 20 heavy (non-hydrogen) atoms. The smallest absolute Gasteiger partial charge is 0.119 e. The Kier molecular flexibility index (Phi) is 6.14. The lowest BCUT2D eigenvalue weighted by molar-refractivity contribution is 0.202. The summed E-state index contributed by atoms with van der Waals surface area (Å²) in [7, 11) is 1.72.